The first-order valence-corrected chi connectivity index (χ1v) is 5.93. The number of β-amino-alcohol motifs (C(OH)–C–C–N with tert-alkyl or cyclic N) is 1. The third-order valence-corrected chi connectivity index (χ3v) is 3.00. The van der Waals surface area contributed by atoms with Gasteiger partial charge in [0.25, 0.3) is 0 Å². The average Bonchev–Trinajstić information content (AvgIpc) is 2.52. The van der Waals surface area contributed by atoms with Gasteiger partial charge in [-0.05, 0) is 25.5 Å². The number of fused-ring (bicyclic) bond motifs is 1. The highest BCUT2D eigenvalue weighted by molar-refractivity contribution is 5.78. The van der Waals surface area contributed by atoms with E-state index in [-0.39, 0.29) is 6.54 Å². The van der Waals surface area contributed by atoms with Crippen molar-refractivity contribution in [1.29, 1.82) is 0 Å². The van der Waals surface area contributed by atoms with Crippen molar-refractivity contribution >= 4 is 11.7 Å². The summed E-state index contributed by atoms with van der Waals surface area (Å²) in [7, 11) is 0. The van der Waals surface area contributed by atoms with Crippen molar-refractivity contribution in [3.63, 3.8) is 0 Å². The van der Waals surface area contributed by atoms with Crippen molar-refractivity contribution in [2.45, 2.75) is 18.9 Å². The lowest BCUT2D eigenvalue weighted by Crippen LogP contribution is -2.47. The molecule has 1 aromatic carbocycles. The number of carbonyl (C=O) groups is 1. The van der Waals surface area contributed by atoms with Gasteiger partial charge in [0.1, 0.15) is 5.75 Å². The van der Waals surface area contributed by atoms with Crippen molar-refractivity contribution in [2.75, 3.05) is 24.6 Å². The maximum Gasteiger partial charge on any atom is 0.337 e. The Hall–Kier alpha value is -1.75. The molecule has 1 unspecified atom stereocenters. The Morgan fingerprint density at radius 1 is 1.50 bits per heavy atom. The maximum absolute atomic E-state index is 11.0. The Morgan fingerprint density at radius 3 is 2.94 bits per heavy atom. The molecule has 0 amide bonds. The van der Waals surface area contributed by atoms with E-state index in [1.54, 1.807) is 0 Å². The van der Waals surface area contributed by atoms with Crippen molar-refractivity contribution in [2.24, 2.45) is 0 Å². The van der Waals surface area contributed by atoms with Crippen LogP contribution in [0.25, 0.3) is 0 Å². The zero-order chi connectivity index (χ0) is 13.2. The number of carboxylic acid groups (broad SMARTS) is 1. The summed E-state index contributed by atoms with van der Waals surface area (Å²) < 4.78 is 5.58. The van der Waals surface area contributed by atoms with Gasteiger partial charge in [-0.15, -0.1) is 0 Å². The fourth-order valence-electron chi connectivity index (χ4n) is 2.00. The summed E-state index contributed by atoms with van der Waals surface area (Å²) in [5.41, 5.74) is -0.936. The minimum absolute atomic E-state index is 0.0444. The fraction of sp³-hybridized carbons (Fsp3) is 0.462. The molecular weight excluding hydrogens is 234 g/mol. The highest BCUT2D eigenvalue weighted by Gasteiger charge is 2.33. The van der Waals surface area contributed by atoms with Crippen LogP contribution >= 0.6 is 0 Å². The van der Waals surface area contributed by atoms with Crippen molar-refractivity contribution in [1.82, 2.24) is 0 Å². The molecule has 0 radical (unpaired) electrons. The van der Waals surface area contributed by atoms with Crippen LogP contribution in [0.1, 0.15) is 13.3 Å². The summed E-state index contributed by atoms with van der Waals surface area (Å²) in [5, 5.41) is 18.9. The van der Waals surface area contributed by atoms with Crippen LogP contribution in [0, 0.1) is 0 Å². The molecule has 2 N–H and O–H groups in total. The fourth-order valence-corrected chi connectivity index (χ4v) is 2.00. The highest BCUT2D eigenvalue weighted by Crippen LogP contribution is 2.31. The van der Waals surface area contributed by atoms with E-state index in [9.17, 15) is 9.90 Å². The Labute approximate surface area is 106 Å². The summed E-state index contributed by atoms with van der Waals surface area (Å²) in [6.45, 7) is 2.62. The Balaban J connectivity index is 2.26. The smallest absolute Gasteiger partial charge is 0.337 e. The number of rotatable bonds is 3. The summed E-state index contributed by atoms with van der Waals surface area (Å²) >= 11 is 0. The molecule has 0 saturated carbocycles. The summed E-state index contributed by atoms with van der Waals surface area (Å²) in [4.78, 5) is 12.8. The molecule has 0 aromatic heterocycles. The van der Waals surface area contributed by atoms with E-state index in [1.165, 1.54) is 6.92 Å². The van der Waals surface area contributed by atoms with Gasteiger partial charge in [0.15, 0.2) is 5.60 Å². The number of para-hydroxylation sites is 2. The molecule has 18 heavy (non-hydrogen) atoms. The second-order valence-corrected chi connectivity index (χ2v) is 4.67. The molecule has 1 heterocycles. The standard InChI is InChI=1S/C13H17NO4/c1-13(17,12(15)16)9-14-7-4-8-18-11-6-3-2-5-10(11)14/h2-3,5-6,17H,4,7-9H2,1H3,(H,15,16). The molecule has 0 bridgehead atoms. The number of hydrogen-bond acceptors (Lipinski definition) is 4. The van der Waals surface area contributed by atoms with Crippen molar-refractivity contribution < 1.29 is 19.7 Å². The predicted octanol–water partition coefficient (Wildman–Crippen LogP) is 1.11. The summed E-state index contributed by atoms with van der Waals surface area (Å²) in [5.74, 6) is -0.485. The van der Waals surface area contributed by atoms with Crippen LogP contribution < -0.4 is 9.64 Å². The second-order valence-electron chi connectivity index (χ2n) is 4.67. The molecule has 1 aliphatic rings. The van der Waals surface area contributed by atoms with Gasteiger partial charge < -0.3 is 19.8 Å². The van der Waals surface area contributed by atoms with Gasteiger partial charge in [0.2, 0.25) is 0 Å². The van der Waals surface area contributed by atoms with E-state index >= 15 is 0 Å². The first-order chi connectivity index (χ1) is 8.50. The van der Waals surface area contributed by atoms with Gasteiger partial charge >= 0.3 is 5.97 Å². The zero-order valence-electron chi connectivity index (χ0n) is 10.3. The van der Waals surface area contributed by atoms with Gasteiger partial charge in [0, 0.05) is 6.54 Å². The molecule has 5 nitrogen and oxygen atoms in total. The zero-order valence-corrected chi connectivity index (χ0v) is 10.3. The number of hydrogen-bond donors (Lipinski definition) is 2. The lowest BCUT2D eigenvalue weighted by molar-refractivity contribution is -0.155. The minimum Gasteiger partial charge on any atom is -0.491 e. The number of anilines is 1. The number of aliphatic hydroxyl groups is 1. The predicted molar refractivity (Wildman–Crippen MR) is 67.0 cm³/mol. The Kier molecular flexibility index (Phi) is 3.43. The minimum atomic E-state index is -1.77. The molecule has 0 aliphatic carbocycles. The van der Waals surface area contributed by atoms with E-state index in [1.807, 2.05) is 29.2 Å². The third kappa shape index (κ3) is 2.56. The monoisotopic (exact) mass is 251 g/mol. The lowest BCUT2D eigenvalue weighted by Gasteiger charge is -2.29. The average molecular weight is 251 g/mol. The van der Waals surface area contributed by atoms with Crippen LogP contribution in [0.4, 0.5) is 5.69 Å². The quantitative estimate of drug-likeness (QED) is 0.842. The first-order valence-electron chi connectivity index (χ1n) is 5.93. The van der Waals surface area contributed by atoms with Gasteiger partial charge in [-0.1, -0.05) is 12.1 Å². The largest absolute Gasteiger partial charge is 0.491 e. The third-order valence-electron chi connectivity index (χ3n) is 3.00. The van der Waals surface area contributed by atoms with Crippen LogP contribution in [0.15, 0.2) is 24.3 Å². The van der Waals surface area contributed by atoms with Crippen LogP contribution in [-0.2, 0) is 4.79 Å². The lowest BCUT2D eigenvalue weighted by atomic mass is 10.1. The van der Waals surface area contributed by atoms with Gasteiger partial charge in [-0.2, -0.15) is 0 Å². The number of aliphatic carboxylic acids is 1. The van der Waals surface area contributed by atoms with Crippen LogP contribution in [0.5, 0.6) is 5.75 Å². The van der Waals surface area contributed by atoms with Crippen LogP contribution in [0.3, 0.4) is 0 Å². The van der Waals surface area contributed by atoms with Gasteiger partial charge in [0.05, 0.1) is 18.8 Å². The normalized spacial score (nSPS) is 18.2. The van der Waals surface area contributed by atoms with Crippen LogP contribution in [-0.4, -0.2) is 41.5 Å². The molecule has 2 rings (SSSR count). The number of carboxylic acids is 1. The molecule has 1 atom stereocenters. The van der Waals surface area contributed by atoms with E-state index in [0.717, 1.165) is 17.9 Å². The Bertz CT molecular complexity index is 444. The van der Waals surface area contributed by atoms with E-state index in [4.69, 9.17) is 9.84 Å². The molecule has 0 fully saturated rings. The van der Waals surface area contributed by atoms with E-state index < -0.39 is 11.6 Å². The second kappa shape index (κ2) is 4.86. The van der Waals surface area contributed by atoms with Gasteiger partial charge in [-0.25, -0.2) is 4.79 Å². The van der Waals surface area contributed by atoms with E-state index in [2.05, 4.69) is 0 Å². The maximum atomic E-state index is 11.0. The molecule has 5 heteroatoms. The molecule has 0 saturated heterocycles. The number of ether oxygens (including phenoxy) is 1. The summed E-state index contributed by atoms with van der Waals surface area (Å²) in [6.07, 6.45) is 0.796. The molecule has 0 spiro atoms. The van der Waals surface area contributed by atoms with Crippen LogP contribution in [0.2, 0.25) is 0 Å². The number of nitrogens with zero attached hydrogens (tertiary/aromatic N) is 1. The first kappa shape index (κ1) is 12.7. The number of benzene rings is 1. The van der Waals surface area contributed by atoms with Crippen molar-refractivity contribution in [3.8, 4) is 5.75 Å². The highest BCUT2D eigenvalue weighted by atomic mass is 16.5. The van der Waals surface area contributed by atoms with Crippen molar-refractivity contribution in [3.05, 3.63) is 24.3 Å². The summed E-state index contributed by atoms with van der Waals surface area (Å²) in [6, 6.07) is 7.47. The van der Waals surface area contributed by atoms with Gasteiger partial charge in [-0.3, -0.25) is 0 Å². The molecule has 1 aliphatic heterocycles. The topological polar surface area (TPSA) is 70.0 Å². The van der Waals surface area contributed by atoms with E-state index in [0.29, 0.717) is 13.2 Å². The molecule has 1 aromatic rings. The Morgan fingerprint density at radius 2 is 2.22 bits per heavy atom. The molecular formula is C13H17NO4. The molecule has 98 valence electrons. The SMILES string of the molecule is CC(O)(CN1CCCOc2ccccc21)C(=O)O.